The van der Waals surface area contributed by atoms with Gasteiger partial charge >= 0.3 is 12.1 Å². The molecule has 0 aliphatic rings. The Bertz CT molecular complexity index is 789. The van der Waals surface area contributed by atoms with Crippen LogP contribution in [-0.2, 0) is 15.7 Å². The minimum Gasteiger partial charge on any atom is -0.452 e. The third kappa shape index (κ3) is 5.65. The van der Waals surface area contributed by atoms with Crippen LogP contribution in [0.25, 0.3) is 0 Å². The number of carbonyl (C=O) groups excluding carboxylic acids is 2. The molecule has 0 saturated heterocycles. The smallest absolute Gasteiger partial charge is 0.416 e. The number of hydrogen-bond acceptors (Lipinski definition) is 3. The lowest BCUT2D eigenvalue weighted by Crippen LogP contribution is -2.21. The van der Waals surface area contributed by atoms with Gasteiger partial charge in [0, 0.05) is 15.7 Å². The predicted octanol–water partition coefficient (Wildman–Crippen LogP) is 4.81. The van der Waals surface area contributed by atoms with Crippen molar-refractivity contribution in [3.05, 3.63) is 63.6 Å². The second-order valence-corrected chi connectivity index (χ2v) is 5.73. The van der Waals surface area contributed by atoms with Crippen molar-refractivity contribution in [2.45, 2.75) is 6.18 Å². The number of rotatable bonds is 4. The molecule has 0 fully saturated rings. The maximum Gasteiger partial charge on any atom is 0.416 e. The molecule has 2 rings (SSSR count). The minimum absolute atomic E-state index is 0.289. The van der Waals surface area contributed by atoms with Crippen LogP contribution < -0.4 is 5.32 Å². The van der Waals surface area contributed by atoms with Crippen molar-refractivity contribution in [1.29, 1.82) is 0 Å². The molecule has 0 spiro atoms. The van der Waals surface area contributed by atoms with E-state index in [9.17, 15) is 22.8 Å². The van der Waals surface area contributed by atoms with Crippen LogP contribution in [0.2, 0.25) is 10.0 Å². The number of halogens is 5. The molecule has 4 nitrogen and oxygen atoms in total. The van der Waals surface area contributed by atoms with Gasteiger partial charge in [0.1, 0.15) is 0 Å². The number of hydrogen-bond donors (Lipinski definition) is 1. The Morgan fingerprint density at radius 2 is 1.68 bits per heavy atom. The van der Waals surface area contributed by atoms with Crippen LogP contribution in [-0.4, -0.2) is 18.5 Å². The second-order valence-electron chi connectivity index (χ2n) is 4.86. The van der Waals surface area contributed by atoms with Crippen molar-refractivity contribution in [1.82, 2.24) is 0 Å². The molecule has 1 N–H and O–H groups in total. The van der Waals surface area contributed by atoms with E-state index in [2.05, 4.69) is 5.32 Å². The van der Waals surface area contributed by atoms with E-state index in [1.807, 2.05) is 0 Å². The molecule has 0 aromatic heterocycles. The zero-order valence-electron chi connectivity index (χ0n) is 12.4. The van der Waals surface area contributed by atoms with Gasteiger partial charge in [-0.05, 0) is 36.4 Å². The highest BCUT2D eigenvalue weighted by atomic mass is 35.5. The number of carbonyl (C=O) groups is 2. The normalized spacial score (nSPS) is 11.1. The lowest BCUT2D eigenvalue weighted by Gasteiger charge is -2.09. The first kappa shape index (κ1) is 19.1. The summed E-state index contributed by atoms with van der Waals surface area (Å²) in [5.41, 5.74) is -1.01. The van der Waals surface area contributed by atoms with Crippen LogP contribution in [0, 0.1) is 0 Å². The van der Waals surface area contributed by atoms with Gasteiger partial charge in [-0.15, -0.1) is 0 Å². The Hall–Kier alpha value is -2.25. The average molecular weight is 392 g/mol. The largest absolute Gasteiger partial charge is 0.452 e. The van der Waals surface area contributed by atoms with E-state index in [4.69, 9.17) is 27.9 Å². The minimum atomic E-state index is -4.58. The lowest BCUT2D eigenvalue weighted by atomic mass is 10.1. The standard InChI is InChI=1S/C16H10Cl2F3NO3/c17-11-5-12(18)7-13(6-11)22-14(23)8-25-15(24)9-2-1-3-10(4-9)16(19,20)21/h1-7H,8H2,(H,22,23). The Morgan fingerprint density at radius 1 is 1.04 bits per heavy atom. The number of esters is 1. The first-order valence-corrected chi connectivity index (χ1v) is 7.51. The van der Waals surface area contributed by atoms with E-state index in [1.54, 1.807) is 0 Å². The predicted molar refractivity (Wildman–Crippen MR) is 86.8 cm³/mol. The molecule has 2 aromatic carbocycles. The SMILES string of the molecule is O=C(COC(=O)c1cccc(C(F)(F)F)c1)Nc1cc(Cl)cc(Cl)c1. The number of anilines is 1. The summed E-state index contributed by atoms with van der Waals surface area (Å²) in [6, 6.07) is 8.04. The highest BCUT2D eigenvalue weighted by molar-refractivity contribution is 6.35. The molecule has 0 atom stereocenters. The topological polar surface area (TPSA) is 55.4 Å². The van der Waals surface area contributed by atoms with Crippen LogP contribution in [0.15, 0.2) is 42.5 Å². The number of nitrogens with one attached hydrogen (secondary N) is 1. The Labute approximate surface area is 150 Å². The maximum atomic E-state index is 12.6. The lowest BCUT2D eigenvalue weighted by molar-refractivity contribution is -0.137. The van der Waals surface area contributed by atoms with Crippen molar-refractivity contribution in [2.24, 2.45) is 0 Å². The quantitative estimate of drug-likeness (QED) is 0.761. The van der Waals surface area contributed by atoms with Gasteiger partial charge in [0.15, 0.2) is 6.61 Å². The summed E-state index contributed by atoms with van der Waals surface area (Å²) < 4.78 is 42.6. The highest BCUT2D eigenvalue weighted by Crippen LogP contribution is 2.29. The molecule has 0 radical (unpaired) electrons. The fraction of sp³-hybridized carbons (Fsp3) is 0.125. The van der Waals surface area contributed by atoms with E-state index >= 15 is 0 Å². The van der Waals surface area contributed by atoms with Crippen molar-refractivity contribution in [2.75, 3.05) is 11.9 Å². The monoisotopic (exact) mass is 391 g/mol. The molecule has 0 aliphatic heterocycles. The summed E-state index contributed by atoms with van der Waals surface area (Å²) in [4.78, 5) is 23.5. The van der Waals surface area contributed by atoms with Gasteiger partial charge in [0.2, 0.25) is 0 Å². The molecule has 1 amide bonds. The summed E-state index contributed by atoms with van der Waals surface area (Å²) >= 11 is 11.6. The molecule has 9 heteroatoms. The fourth-order valence-electron chi connectivity index (χ4n) is 1.86. The van der Waals surface area contributed by atoms with E-state index in [-0.39, 0.29) is 11.3 Å². The van der Waals surface area contributed by atoms with Crippen LogP contribution in [0.3, 0.4) is 0 Å². The van der Waals surface area contributed by atoms with E-state index in [0.29, 0.717) is 16.1 Å². The van der Waals surface area contributed by atoms with Gasteiger partial charge in [-0.1, -0.05) is 29.3 Å². The number of alkyl halides is 3. The Morgan fingerprint density at radius 3 is 2.28 bits per heavy atom. The van der Waals surface area contributed by atoms with E-state index < -0.39 is 30.2 Å². The molecular formula is C16H10Cl2F3NO3. The van der Waals surface area contributed by atoms with Gasteiger partial charge in [0.05, 0.1) is 11.1 Å². The van der Waals surface area contributed by atoms with Gasteiger partial charge in [-0.2, -0.15) is 13.2 Å². The zero-order valence-corrected chi connectivity index (χ0v) is 13.9. The van der Waals surface area contributed by atoms with Crippen LogP contribution >= 0.6 is 23.2 Å². The third-order valence-corrected chi connectivity index (χ3v) is 3.34. The van der Waals surface area contributed by atoms with Gasteiger partial charge in [-0.3, -0.25) is 4.79 Å². The molecular weight excluding hydrogens is 382 g/mol. The summed E-state index contributed by atoms with van der Waals surface area (Å²) in [6.45, 7) is -0.681. The van der Waals surface area contributed by atoms with Gasteiger partial charge in [-0.25, -0.2) is 4.79 Å². The molecule has 132 valence electrons. The maximum absolute atomic E-state index is 12.6. The Kier molecular flexibility index (Phi) is 5.92. The molecule has 0 heterocycles. The average Bonchev–Trinajstić information content (AvgIpc) is 2.51. The van der Waals surface area contributed by atoms with E-state index in [0.717, 1.165) is 18.2 Å². The summed E-state index contributed by atoms with van der Waals surface area (Å²) in [7, 11) is 0. The summed E-state index contributed by atoms with van der Waals surface area (Å²) in [5, 5.41) is 2.99. The van der Waals surface area contributed by atoms with Gasteiger partial charge < -0.3 is 10.1 Å². The number of amides is 1. The molecule has 0 unspecified atom stereocenters. The molecule has 2 aromatic rings. The van der Waals surface area contributed by atoms with Crippen LogP contribution in [0.1, 0.15) is 15.9 Å². The second kappa shape index (κ2) is 7.76. The number of ether oxygens (including phenoxy) is 1. The van der Waals surface area contributed by atoms with Crippen molar-refractivity contribution in [3.63, 3.8) is 0 Å². The van der Waals surface area contributed by atoms with Gasteiger partial charge in [0.25, 0.3) is 5.91 Å². The van der Waals surface area contributed by atoms with Crippen molar-refractivity contribution >= 4 is 40.8 Å². The summed E-state index contributed by atoms with van der Waals surface area (Å²) in [6.07, 6.45) is -4.58. The molecule has 0 bridgehead atoms. The first-order valence-electron chi connectivity index (χ1n) is 6.75. The van der Waals surface area contributed by atoms with Crippen LogP contribution in [0.5, 0.6) is 0 Å². The van der Waals surface area contributed by atoms with Crippen LogP contribution in [0.4, 0.5) is 18.9 Å². The first-order chi connectivity index (χ1) is 11.6. The molecule has 25 heavy (non-hydrogen) atoms. The summed E-state index contributed by atoms with van der Waals surface area (Å²) in [5.74, 6) is -1.75. The highest BCUT2D eigenvalue weighted by Gasteiger charge is 2.31. The van der Waals surface area contributed by atoms with Crippen molar-refractivity contribution < 1.29 is 27.5 Å². The third-order valence-electron chi connectivity index (χ3n) is 2.91. The molecule has 0 saturated carbocycles. The fourth-order valence-corrected chi connectivity index (χ4v) is 2.39. The molecule has 0 aliphatic carbocycles. The number of benzene rings is 2. The zero-order chi connectivity index (χ0) is 18.6. The van der Waals surface area contributed by atoms with Crippen molar-refractivity contribution in [3.8, 4) is 0 Å². The Balaban J connectivity index is 1.96. The van der Waals surface area contributed by atoms with E-state index in [1.165, 1.54) is 18.2 Å².